The van der Waals surface area contributed by atoms with Gasteiger partial charge in [0.1, 0.15) is 0 Å². The van der Waals surface area contributed by atoms with E-state index in [2.05, 4.69) is 14.9 Å². The van der Waals surface area contributed by atoms with Crippen LogP contribution in [0.1, 0.15) is 12.8 Å². The summed E-state index contributed by atoms with van der Waals surface area (Å²) in [6.07, 6.45) is 5.75. The molecule has 3 nitrogen and oxygen atoms in total. The standard InChI is InChI=1S/C8H10ClN3/c1-12(6-2-3-6)8-7(9)10-4-5-11-8/h4-6H,2-3H2,1H3. The molecule has 0 radical (unpaired) electrons. The van der Waals surface area contributed by atoms with Gasteiger partial charge in [0.25, 0.3) is 0 Å². The van der Waals surface area contributed by atoms with Crippen molar-refractivity contribution in [3.63, 3.8) is 0 Å². The van der Waals surface area contributed by atoms with Crippen molar-refractivity contribution < 1.29 is 0 Å². The second-order valence-electron chi connectivity index (χ2n) is 3.01. The first kappa shape index (κ1) is 7.80. The van der Waals surface area contributed by atoms with Crippen molar-refractivity contribution in [2.75, 3.05) is 11.9 Å². The molecule has 0 bridgehead atoms. The number of nitrogens with zero attached hydrogens (tertiary/aromatic N) is 3. The highest BCUT2D eigenvalue weighted by molar-refractivity contribution is 6.31. The Kier molecular flexibility index (Phi) is 1.89. The topological polar surface area (TPSA) is 29.0 Å². The van der Waals surface area contributed by atoms with Gasteiger partial charge in [-0.25, -0.2) is 9.97 Å². The summed E-state index contributed by atoms with van der Waals surface area (Å²) >= 11 is 5.88. The lowest BCUT2D eigenvalue weighted by molar-refractivity contribution is 0.885. The van der Waals surface area contributed by atoms with E-state index in [4.69, 9.17) is 11.6 Å². The van der Waals surface area contributed by atoms with E-state index in [0.717, 1.165) is 5.82 Å². The second kappa shape index (κ2) is 2.90. The molecule has 1 fully saturated rings. The molecule has 1 heterocycles. The monoisotopic (exact) mass is 183 g/mol. The van der Waals surface area contributed by atoms with Crippen LogP contribution in [0.15, 0.2) is 12.4 Å². The van der Waals surface area contributed by atoms with E-state index >= 15 is 0 Å². The molecular weight excluding hydrogens is 174 g/mol. The molecule has 0 N–H and O–H groups in total. The third-order valence-electron chi connectivity index (χ3n) is 2.06. The maximum atomic E-state index is 5.88. The number of aromatic nitrogens is 2. The Bertz CT molecular complexity index is 285. The zero-order valence-electron chi connectivity index (χ0n) is 6.87. The smallest absolute Gasteiger partial charge is 0.171 e. The van der Waals surface area contributed by atoms with E-state index in [9.17, 15) is 0 Å². The summed E-state index contributed by atoms with van der Waals surface area (Å²) < 4.78 is 0. The average Bonchev–Trinajstić information content (AvgIpc) is 2.86. The van der Waals surface area contributed by atoms with Crippen molar-refractivity contribution >= 4 is 17.4 Å². The molecule has 0 spiro atoms. The van der Waals surface area contributed by atoms with Crippen LogP contribution in [0, 0.1) is 0 Å². The predicted molar refractivity (Wildman–Crippen MR) is 48.5 cm³/mol. The van der Waals surface area contributed by atoms with Gasteiger partial charge in [0.2, 0.25) is 0 Å². The zero-order valence-corrected chi connectivity index (χ0v) is 7.62. The summed E-state index contributed by atoms with van der Waals surface area (Å²) in [7, 11) is 2.01. The lowest BCUT2D eigenvalue weighted by Gasteiger charge is -2.17. The van der Waals surface area contributed by atoms with Gasteiger partial charge in [-0.2, -0.15) is 0 Å². The molecule has 0 saturated heterocycles. The van der Waals surface area contributed by atoms with Crippen molar-refractivity contribution in [3.05, 3.63) is 17.5 Å². The van der Waals surface area contributed by atoms with Gasteiger partial charge in [0.05, 0.1) is 0 Å². The predicted octanol–water partition coefficient (Wildman–Crippen LogP) is 1.73. The molecule has 1 aliphatic rings. The molecule has 12 heavy (non-hydrogen) atoms. The molecule has 1 saturated carbocycles. The molecule has 0 aromatic carbocycles. The Labute approximate surface area is 76.4 Å². The normalized spacial score (nSPS) is 16.2. The third-order valence-corrected chi connectivity index (χ3v) is 2.33. The summed E-state index contributed by atoms with van der Waals surface area (Å²) in [6.45, 7) is 0. The molecule has 2 rings (SSSR count). The van der Waals surface area contributed by atoms with E-state index in [1.807, 2.05) is 7.05 Å². The highest BCUT2D eigenvalue weighted by atomic mass is 35.5. The summed E-state index contributed by atoms with van der Waals surface area (Å²) in [6, 6.07) is 0.624. The van der Waals surface area contributed by atoms with E-state index < -0.39 is 0 Å². The molecule has 4 heteroatoms. The van der Waals surface area contributed by atoms with E-state index in [1.165, 1.54) is 12.8 Å². The van der Waals surface area contributed by atoms with Gasteiger partial charge in [0, 0.05) is 25.5 Å². The number of anilines is 1. The van der Waals surface area contributed by atoms with Gasteiger partial charge >= 0.3 is 0 Å². The van der Waals surface area contributed by atoms with Crippen molar-refractivity contribution in [3.8, 4) is 0 Å². The largest absolute Gasteiger partial charge is 0.354 e. The minimum Gasteiger partial charge on any atom is -0.354 e. The van der Waals surface area contributed by atoms with E-state index in [-0.39, 0.29) is 0 Å². The van der Waals surface area contributed by atoms with E-state index in [0.29, 0.717) is 11.2 Å². The number of rotatable bonds is 2. The number of hydrogen-bond acceptors (Lipinski definition) is 3. The molecule has 0 amide bonds. The van der Waals surface area contributed by atoms with Crippen LogP contribution in [0.5, 0.6) is 0 Å². The van der Waals surface area contributed by atoms with Gasteiger partial charge in [0.15, 0.2) is 11.0 Å². The van der Waals surface area contributed by atoms with Crippen molar-refractivity contribution in [1.82, 2.24) is 9.97 Å². The zero-order chi connectivity index (χ0) is 8.55. The van der Waals surface area contributed by atoms with Crippen LogP contribution < -0.4 is 4.90 Å². The summed E-state index contributed by atoms with van der Waals surface area (Å²) in [5, 5.41) is 0.493. The Morgan fingerprint density at radius 3 is 2.67 bits per heavy atom. The lowest BCUT2D eigenvalue weighted by atomic mass is 10.5. The summed E-state index contributed by atoms with van der Waals surface area (Å²) in [5.41, 5.74) is 0. The minimum absolute atomic E-state index is 0.493. The van der Waals surface area contributed by atoms with Gasteiger partial charge in [-0.15, -0.1) is 0 Å². The molecule has 0 aliphatic heterocycles. The Balaban J connectivity index is 2.25. The second-order valence-corrected chi connectivity index (χ2v) is 3.37. The minimum atomic E-state index is 0.493. The Morgan fingerprint density at radius 1 is 1.42 bits per heavy atom. The highest BCUT2D eigenvalue weighted by Gasteiger charge is 2.28. The molecular formula is C8H10ClN3. The lowest BCUT2D eigenvalue weighted by Crippen LogP contribution is -2.21. The first-order valence-corrected chi connectivity index (χ1v) is 4.36. The molecule has 0 unspecified atom stereocenters. The fraction of sp³-hybridized carbons (Fsp3) is 0.500. The highest BCUT2D eigenvalue weighted by Crippen LogP contribution is 2.31. The average molecular weight is 184 g/mol. The number of hydrogen-bond donors (Lipinski definition) is 0. The van der Waals surface area contributed by atoms with Crippen LogP contribution in [0.2, 0.25) is 5.15 Å². The molecule has 1 aromatic rings. The quantitative estimate of drug-likeness (QED) is 0.700. The van der Waals surface area contributed by atoms with Crippen LogP contribution in [0.25, 0.3) is 0 Å². The van der Waals surface area contributed by atoms with Crippen molar-refractivity contribution in [1.29, 1.82) is 0 Å². The maximum Gasteiger partial charge on any atom is 0.171 e. The first-order chi connectivity index (χ1) is 5.79. The number of halogens is 1. The van der Waals surface area contributed by atoms with Gasteiger partial charge in [-0.05, 0) is 12.8 Å². The Morgan fingerprint density at radius 2 is 2.08 bits per heavy atom. The summed E-state index contributed by atoms with van der Waals surface area (Å²) in [4.78, 5) is 10.2. The molecule has 1 aliphatic carbocycles. The fourth-order valence-electron chi connectivity index (χ4n) is 1.19. The van der Waals surface area contributed by atoms with Gasteiger partial charge in [-0.3, -0.25) is 0 Å². The molecule has 0 atom stereocenters. The Hall–Kier alpha value is -0.830. The third kappa shape index (κ3) is 1.37. The van der Waals surface area contributed by atoms with Crippen LogP contribution in [-0.2, 0) is 0 Å². The van der Waals surface area contributed by atoms with E-state index in [1.54, 1.807) is 12.4 Å². The first-order valence-electron chi connectivity index (χ1n) is 3.98. The SMILES string of the molecule is CN(c1nccnc1Cl)C1CC1. The maximum absolute atomic E-state index is 5.88. The van der Waals surface area contributed by atoms with Crippen LogP contribution in [-0.4, -0.2) is 23.1 Å². The van der Waals surface area contributed by atoms with Gasteiger partial charge < -0.3 is 4.90 Å². The van der Waals surface area contributed by atoms with Gasteiger partial charge in [-0.1, -0.05) is 11.6 Å². The summed E-state index contributed by atoms with van der Waals surface area (Å²) in [5.74, 6) is 0.793. The molecule has 1 aromatic heterocycles. The van der Waals surface area contributed by atoms with Crippen molar-refractivity contribution in [2.24, 2.45) is 0 Å². The fourth-order valence-corrected chi connectivity index (χ4v) is 1.42. The molecule has 64 valence electrons. The van der Waals surface area contributed by atoms with Crippen molar-refractivity contribution in [2.45, 2.75) is 18.9 Å². The van der Waals surface area contributed by atoms with Crippen LogP contribution in [0.3, 0.4) is 0 Å². The van der Waals surface area contributed by atoms with Crippen LogP contribution >= 0.6 is 11.6 Å². The van der Waals surface area contributed by atoms with Crippen LogP contribution in [0.4, 0.5) is 5.82 Å².